The molecule has 0 saturated heterocycles. The van der Waals surface area contributed by atoms with Gasteiger partial charge in [0.15, 0.2) is 5.82 Å². The number of methoxy groups -OCH3 is 1. The summed E-state index contributed by atoms with van der Waals surface area (Å²) in [5.74, 6) is 0.961. The Morgan fingerprint density at radius 2 is 2.08 bits per heavy atom. The highest BCUT2D eigenvalue weighted by atomic mass is 79.9. The third-order valence-electron chi connectivity index (χ3n) is 3.66. The van der Waals surface area contributed by atoms with Gasteiger partial charge in [-0.3, -0.25) is 5.10 Å². The number of rotatable bonds is 4. The molecular formula is C17H11BrFN5OS. The number of fused-ring (bicyclic) bond motifs is 1. The normalized spacial score (nSPS) is 11.0. The first-order valence-electron chi connectivity index (χ1n) is 7.49. The summed E-state index contributed by atoms with van der Waals surface area (Å²) in [6.07, 6.45) is 1.34. The Bertz CT molecular complexity index is 1100. The third kappa shape index (κ3) is 3.15. The molecule has 0 atom stereocenters. The molecule has 130 valence electrons. The summed E-state index contributed by atoms with van der Waals surface area (Å²) < 4.78 is 19.9. The summed E-state index contributed by atoms with van der Waals surface area (Å²) in [4.78, 5) is 12.7. The minimum Gasteiger partial charge on any atom is -0.496 e. The zero-order valence-electron chi connectivity index (χ0n) is 13.4. The van der Waals surface area contributed by atoms with E-state index in [0.29, 0.717) is 21.4 Å². The van der Waals surface area contributed by atoms with Gasteiger partial charge in [-0.2, -0.15) is 0 Å². The smallest absolute Gasteiger partial charge is 0.215 e. The van der Waals surface area contributed by atoms with Crippen LogP contribution in [0.5, 0.6) is 5.75 Å². The van der Waals surface area contributed by atoms with E-state index in [1.165, 1.54) is 24.2 Å². The molecule has 0 radical (unpaired) electrons. The molecule has 26 heavy (non-hydrogen) atoms. The standard InChI is InChI=1S/C17H11BrFN5OS/c1-25-13-6-5-9(7-11(13)18)15-22-17(24-23-15)26-16-10-3-2-4-12(19)14(10)20-8-21-16/h2-8H,1H3,(H,22,23,24). The van der Waals surface area contributed by atoms with E-state index >= 15 is 0 Å². The van der Waals surface area contributed by atoms with Gasteiger partial charge in [0.05, 0.1) is 11.6 Å². The topological polar surface area (TPSA) is 76.6 Å². The van der Waals surface area contributed by atoms with Crippen molar-refractivity contribution in [3.63, 3.8) is 0 Å². The number of ether oxygens (including phenoxy) is 1. The van der Waals surface area contributed by atoms with Gasteiger partial charge in [-0.05, 0) is 58.0 Å². The summed E-state index contributed by atoms with van der Waals surface area (Å²) in [6.45, 7) is 0. The van der Waals surface area contributed by atoms with E-state index in [4.69, 9.17) is 4.74 Å². The minimum absolute atomic E-state index is 0.278. The molecule has 2 aromatic heterocycles. The predicted octanol–water partition coefficient (Wildman–Crippen LogP) is 4.48. The lowest BCUT2D eigenvalue weighted by molar-refractivity contribution is 0.412. The van der Waals surface area contributed by atoms with Crippen LogP contribution in [0.25, 0.3) is 22.3 Å². The summed E-state index contributed by atoms with van der Waals surface area (Å²) in [5, 5.41) is 8.82. The van der Waals surface area contributed by atoms with Gasteiger partial charge >= 0.3 is 0 Å². The second-order valence-electron chi connectivity index (χ2n) is 5.23. The number of aromatic amines is 1. The Morgan fingerprint density at radius 3 is 2.88 bits per heavy atom. The highest BCUT2D eigenvalue weighted by Gasteiger charge is 2.13. The average Bonchev–Trinajstić information content (AvgIpc) is 3.11. The summed E-state index contributed by atoms with van der Waals surface area (Å²) in [7, 11) is 1.61. The molecular weight excluding hydrogens is 421 g/mol. The zero-order chi connectivity index (χ0) is 18.1. The van der Waals surface area contributed by atoms with Crippen LogP contribution < -0.4 is 4.74 Å². The Balaban J connectivity index is 1.66. The van der Waals surface area contributed by atoms with Crippen LogP contribution in [-0.2, 0) is 0 Å². The Morgan fingerprint density at radius 1 is 1.19 bits per heavy atom. The largest absolute Gasteiger partial charge is 0.496 e. The van der Waals surface area contributed by atoms with Crippen molar-refractivity contribution in [2.75, 3.05) is 7.11 Å². The van der Waals surface area contributed by atoms with E-state index in [9.17, 15) is 4.39 Å². The maximum Gasteiger partial charge on any atom is 0.215 e. The fourth-order valence-electron chi connectivity index (χ4n) is 2.43. The molecule has 0 bridgehead atoms. The van der Waals surface area contributed by atoms with E-state index in [1.807, 2.05) is 18.2 Å². The van der Waals surface area contributed by atoms with Gasteiger partial charge in [0, 0.05) is 10.9 Å². The first kappa shape index (κ1) is 16.9. The third-order valence-corrected chi connectivity index (χ3v) is 5.16. The van der Waals surface area contributed by atoms with Crippen molar-refractivity contribution < 1.29 is 9.13 Å². The van der Waals surface area contributed by atoms with Crippen molar-refractivity contribution in [2.24, 2.45) is 0 Å². The molecule has 2 aromatic carbocycles. The predicted molar refractivity (Wildman–Crippen MR) is 99.7 cm³/mol. The van der Waals surface area contributed by atoms with Crippen LogP contribution in [0.2, 0.25) is 0 Å². The van der Waals surface area contributed by atoms with Gasteiger partial charge in [-0.15, -0.1) is 5.10 Å². The number of benzene rings is 2. The molecule has 0 saturated carbocycles. The molecule has 0 fully saturated rings. The summed E-state index contributed by atoms with van der Waals surface area (Å²) in [6, 6.07) is 10.4. The molecule has 4 rings (SSSR count). The fraction of sp³-hybridized carbons (Fsp3) is 0.0588. The Kier molecular flexibility index (Phi) is 4.56. The van der Waals surface area contributed by atoms with Crippen molar-refractivity contribution in [2.45, 2.75) is 10.2 Å². The average molecular weight is 432 g/mol. The van der Waals surface area contributed by atoms with Crippen LogP contribution in [0.15, 0.2) is 57.4 Å². The first-order valence-corrected chi connectivity index (χ1v) is 9.10. The van der Waals surface area contributed by atoms with Crippen molar-refractivity contribution in [1.29, 1.82) is 0 Å². The fourth-order valence-corrected chi connectivity index (χ4v) is 3.75. The van der Waals surface area contributed by atoms with E-state index in [0.717, 1.165) is 15.8 Å². The quantitative estimate of drug-likeness (QED) is 0.480. The number of halogens is 2. The van der Waals surface area contributed by atoms with Crippen LogP contribution in [0, 0.1) is 5.82 Å². The van der Waals surface area contributed by atoms with Gasteiger partial charge < -0.3 is 4.74 Å². The zero-order valence-corrected chi connectivity index (χ0v) is 15.8. The van der Waals surface area contributed by atoms with Crippen LogP contribution in [-0.4, -0.2) is 32.3 Å². The summed E-state index contributed by atoms with van der Waals surface area (Å²) >= 11 is 4.70. The Hall–Kier alpha value is -2.52. The van der Waals surface area contributed by atoms with E-state index in [-0.39, 0.29) is 11.3 Å². The Labute approximate surface area is 160 Å². The number of H-pyrrole nitrogens is 1. The van der Waals surface area contributed by atoms with Crippen molar-refractivity contribution >= 4 is 38.6 Å². The molecule has 0 amide bonds. The highest BCUT2D eigenvalue weighted by Crippen LogP contribution is 2.32. The summed E-state index contributed by atoms with van der Waals surface area (Å²) in [5.41, 5.74) is 1.13. The molecule has 0 aliphatic carbocycles. The van der Waals surface area contributed by atoms with Crippen LogP contribution in [0.3, 0.4) is 0 Å². The maximum atomic E-state index is 13.9. The molecule has 0 spiro atoms. The second kappa shape index (κ2) is 7.00. The van der Waals surface area contributed by atoms with Gasteiger partial charge in [0.1, 0.15) is 28.4 Å². The van der Waals surface area contributed by atoms with Crippen LogP contribution >= 0.6 is 27.7 Å². The molecule has 0 aliphatic rings. The lowest BCUT2D eigenvalue weighted by atomic mass is 10.2. The second-order valence-corrected chi connectivity index (χ2v) is 7.04. The lowest BCUT2D eigenvalue weighted by Crippen LogP contribution is -1.90. The number of hydrogen-bond acceptors (Lipinski definition) is 6. The van der Waals surface area contributed by atoms with E-state index < -0.39 is 0 Å². The van der Waals surface area contributed by atoms with Crippen LogP contribution in [0.1, 0.15) is 0 Å². The van der Waals surface area contributed by atoms with Gasteiger partial charge in [0.25, 0.3) is 0 Å². The lowest BCUT2D eigenvalue weighted by Gasteiger charge is -2.04. The SMILES string of the molecule is COc1ccc(-c2nc(Sc3ncnc4c(F)cccc34)n[nH]2)cc1Br. The molecule has 0 unspecified atom stereocenters. The van der Waals surface area contributed by atoms with Gasteiger partial charge in [-0.25, -0.2) is 19.3 Å². The number of aromatic nitrogens is 5. The van der Waals surface area contributed by atoms with Crippen LogP contribution in [0.4, 0.5) is 4.39 Å². The van der Waals surface area contributed by atoms with Crippen molar-refractivity contribution in [1.82, 2.24) is 25.1 Å². The van der Waals surface area contributed by atoms with Crippen molar-refractivity contribution in [3.05, 3.63) is 53.0 Å². The minimum atomic E-state index is -0.384. The number of para-hydroxylation sites is 1. The number of nitrogens with zero attached hydrogens (tertiary/aromatic N) is 4. The molecule has 2 heterocycles. The number of hydrogen-bond donors (Lipinski definition) is 1. The van der Waals surface area contributed by atoms with E-state index in [1.54, 1.807) is 19.2 Å². The maximum absolute atomic E-state index is 13.9. The highest BCUT2D eigenvalue weighted by molar-refractivity contribution is 9.10. The molecule has 6 nitrogen and oxygen atoms in total. The first-order chi connectivity index (χ1) is 12.7. The van der Waals surface area contributed by atoms with Crippen molar-refractivity contribution in [3.8, 4) is 17.1 Å². The molecule has 0 aliphatic heterocycles. The molecule has 1 N–H and O–H groups in total. The van der Waals surface area contributed by atoms with E-state index in [2.05, 4.69) is 41.1 Å². The molecule has 9 heteroatoms. The van der Waals surface area contributed by atoms with Gasteiger partial charge in [-0.1, -0.05) is 6.07 Å². The molecule has 4 aromatic rings. The number of nitrogens with one attached hydrogen (secondary N) is 1. The monoisotopic (exact) mass is 431 g/mol. The van der Waals surface area contributed by atoms with Gasteiger partial charge in [0.2, 0.25) is 5.16 Å².